The molecule has 0 saturated carbocycles. The molecule has 0 bridgehead atoms. The molecule has 1 atom stereocenters. The lowest BCUT2D eigenvalue weighted by molar-refractivity contribution is 0.0760. The summed E-state index contributed by atoms with van der Waals surface area (Å²) in [7, 11) is 0. The molecule has 0 aromatic rings. The number of β-amino-alcohol motifs (C(OH)–C–C–N with tert-alkyl or cyclic N) is 1. The van der Waals surface area contributed by atoms with Crippen LogP contribution < -0.4 is 5.73 Å². The molecule has 0 amide bonds. The van der Waals surface area contributed by atoms with Crippen LogP contribution in [0.4, 0.5) is 0 Å². The molecule has 1 saturated heterocycles. The number of rotatable bonds is 2. The van der Waals surface area contributed by atoms with Crippen molar-refractivity contribution in [2.75, 3.05) is 19.6 Å². The molecular formula is C6H14N2O. The average molecular weight is 130 g/mol. The standard InChI is InChI=1S/C6H14N2O/c1-5(9)2-8-3-6(7)4-8/h5-6,9H,2-4,7H2,1H3/t5-/m0/s1. The maximum atomic E-state index is 8.89. The molecule has 1 aliphatic rings. The molecule has 1 heterocycles. The van der Waals surface area contributed by atoms with Gasteiger partial charge in [-0.2, -0.15) is 0 Å². The first kappa shape index (κ1) is 6.99. The zero-order valence-corrected chi connectivity index (χ0v) is 5.75. The van der Waals surface area contributed by atoms with Crippen LogP contribution in [0, 0.1) is 0 Å². The van der Waals surface area contributed by atoms with Crippen molar-refractivity contribution >= 4 is 0 Å². The van der Waals surface area contributed by atoms with Gasteiger partial charge >= 0.3 is 0 Å². The Labute approximate surface area is 55.5 Å². The predicted octanol–water partition coefficient (Wildman–Crippen LogP) is -0.990. The van der Waals surface area contributed by atoms with Crippen LogP contribution in [0.15, 0.2) is 0 Å². The van der Waals surface area contributed by atoms with Gasteiger partial charge in [-0.25, -0.2) is 0 Å². The SMILES string of the molecule is C[C@H](O)CN1CC(N)C1. The number of aliphatic hydroxyl groups is 1. The van der Waals surface area contributed by atoms with Crippen molar-refractivity contribution in [1.82, 2.24) is 4.90 Å². The van der Waals surface area contributed by atoms with E-state index in [9.17, 15) is 0 Å². The Morgan fingerprint density at radius 3 is 2.67 bits per heavy atom. The molecule has 0 aromatic heterocycles. The van der Waals surface area contributed by atoms with Crippen LogP contribution in [0.3, 0.4) is 0 Å². The quantitative estimate of drug-likeness (QED) is 0.504. The normalized spacial score (nSPS) is 25.7. The Kier molecular flexibility index (Phi) is 2.05. The van der Waals surface area contributed by atoms with Crippen LogP contribution >= 0.6 is 0 Å². The third-order valence-electron chi connectivity index (χ3n) is 1.51. The van der Waals surface area contributed by atoms with E-state index >= 15 is 0 Å². The highest BCUT2D eigenvalue weighted by molar-refractivity contribution is 4.82. The summed E-state index contributed by atoms with van der Waals surface area (Å²) in [6.07, 6.45) is -0.211. The number of hydrogen-bond acceptors (Lipinski definition) is 3. The van der Waals surface area contributed by atoms with Crippen LogP contribution in [-0.4, -0.2) is 41.8 Å². The molecule has 1 rings (SSSR count). The molecule has 3 heteroatoms. The van der Waals surface area contributed by atoms with Gasteiger partial charge in [0.2, 0.25) is 0 Å². The second-order valence-corrected chi connectivity index (χ2v) is 2.83. The fourth-order valence-electron chi connectivity index (χ4n) is 1.13. The molecule has 0 spiro atoms. The topological polar surface area (TPSA) is 49.5 Å². The van der Waals surface area contributed by atoms with E-state index in [4.69, 9.17) is 10.8 Å². The molecule has 0 aromatic carbocycles. The number of nitrogens with two attached hydrogens (primary N) is 1. The minimum absolute atomic E-state index is 0.211. The zero-order valence-electron chi connectivity index (χ0n) is 5.75. The summed E-state index contributed by atoms with van der Waals surface area (Å²) < 4.78 is 0. The van der Waals surface area contributed by atoms with Gasteiger partial charge in [-0.05, 0) is 6.92 Å². The van der Waals surface area contributed by atoms with Crippen molar-refractivity contribution in [2.45, 2.75) is 19.1 Å². The highest BCUT2D eigenvalue weighted by atomic mass is 16.3. The van der Waals surface area contributed by atoms with Crippen LogP contribution in [0.2, 0.25) is 0 Å². The van der Waals surface area contributed by atoms with Gasteiger partial charge in [0.1, 0.15) is 0 Å². The van der Waals surface area contributed by atoms with Gasteiger partial charge in [0.15, 0.2) is 0 Å². The van der Waals surface area contributed by atoms with Crippen LogP contribution in [-0.2, 0) is 0 Å². The van der Waals surface area contributed by atoms with Gasteiger partial charge in [0.05, 0.1) is 6.10 Å². The Balaban J connectivity index is 2.04. The monoisotopic (exact) mass is 130 g/mol. The highest BCUT2D eigenvalue weighted by Crippen LogP contribution is 2.04. The predicted molar refractivity (Wildman–Crippen MR) is 36.1 cm³/mol. The van der Waals surface area contributed by atoms with E-state index in [0.29, 0.717) is 6.04 Å². The van der Waals surface area contributed by atoms with E-state index < -0.39 is 0 Å². The molecule has 1 fully saturated rings. The van der Waals surface area contributed by atoms with Crippen molar-refractivity contribution < 1.29 is 5.11 Å². The van der Waals surface area contributed by atoms with E-state index in [1.54, 1.807) is 6.92 Å². The van der Waals surface area contributed by atoms with Crippen LogP contribution in [0.25, 0.3) is 0 Å². The molecular weight excluding hydrogens is 116 g/mol. The maximum absolute atomic E-state index is 8.89. The maximum Gasteiger partial charge on any atom is 0.0639 e. The summed E-state index contributed by atoms with van der Waals surface area (Å²) >= 11 is 0. The first-order valence-electron chi connectivity index (χ1n) is 3.34. The third-order valence-corrected chi connectivity index (χ3v) is 1.51. The molecule has 54 valence electrons. The van der Waals surface area contributed by atoms with Crippen molar-refractivity contribution in [1.29, 1.82) is 0 Å². The van der Waals surface area contributed by atoms with Gasteiger partial charge < -0.3 is 10.8 Å². The van der Waals surface area contributed by atoms with Gasteiger partial charge in [-0.15, -0.1) is 0 Å². The minimum Gasteiger partial charge on any atom is -0.392 e. The molecule has 0 aliphatic carbocycles. The summed E-state index contributed by atoms with van der Waals surface area (Å²) in [6.45, 7) is 4.47. The summed E-state index contributed by atoms with van der Waals surface area (Å²) in [5.41, 5.74) is 5.52. The lowest BCUT2D eigenvalue weighted by atomic mass is 10.1. The highest BCUT2D eigenvalue weighted by Gasteiger charge is 2.23. The first-order chi connectivity index (χ1) is 4.18. The minimum atomic E-state index is -0.211. The van der Waals surface area contributed by atoms with Crippen molar-refractivity contribution in [3.63, 3.8) is 0 Å². The zero-order chi connectivity index (χ0) is 6.85. The van der Waals surface area contributed by atoms with Crippen LogP contribution in [0.5, 0.6) is 0 Å². The first-order valence-corrected chi connectivity index (χ1v) is 3.34. The molecule has 3 nitrogen and oxygen atoms in total. The Morgan fingerprint density at radius 1 is 1.78 bits per heavy atom. The molecule has 0 radical (unpaired) electrons. The van der Waals surface area contributed by atoms with Gasteiger partial charge in [-0.3, -0.25) is 4.90 Å². The van der Waals surface area contributed by atoms with Crippen molar-refractivity contribution in [2.24, 2.45) is 5.73 Å². The lowest BCUT2D eigenvalue weighted by Gasteiger charge is -2.37. The van der Waals surface area contributed by atoms with Gasteiger partial charge in [-0.1, -0.05) is 0 Å². The number of likely N-dealkylation sites (tertiary alicyclic amines) is 1. The number of aliphatic hydroxyl groups excluding tert-OH is 1. The smallest absolute Gasteiger partial charge is 0.0639 e. The van der Waals surface area contributed by atoms with Crippen LogP contribution in [0.1, 0.15) is 6.92 Å². The van der Waals surface area contributed by atoms with Crippen molar-refractivity contribution in [3.05, 3.63) is 0 Å². The summed E-state index contributed by atoms with van der Waals surface area (Å²) in [5, 5.41) is 8.89. The summed E-state index contributed by atoms with van der Waals surface area (Å²) in [4.78, 5) is 2.15. The summed E-state index contributed by atoms with van der Waals surface area (Å²) in [6, 6.07) is 0.351. The molecule has 3 N–H and O–H groups in total. The Bertz CT molecular complexity index is 89.1. The fraction of sp³-hybridized carbons (Fsp3) is 1.00. The number of nitrogens with zero attached hydrogens (tertiary/aromatic N) is 1. The van der Waals surface area contributed by atoms with Gasteiger partial charge in [0.25, 0.3) is 0 Å². The third kappa shape index (κ3) is 1.93. The fourth-order valence-corrected chi connectivity index (χ4v) is 1.13. The van der Waals surface area contributed by atoms with E-state index in [1.165, 1.54) is 0 Å². The molecule has 9 heavy (non-hydrogen) atoms. The molecule has 1 aliphatic heterocycles. The Morgan fingerprint density at radius 2 is 2.33 bits per heavy atom. The van der Waals surface area contributed by atoms with E-state index in [2.05, 4.69) is 4.90 Å². The molecule has 0 unspecified atom stereocenters. The van der Waals surface area contributed by atoms with Gasteiger partial charge in [0, 0.05) is 25.7 Å². The second kappa shape index (κ2) is 2.64. The van der Waals surface area contributed by atoms with E-state index in [-0.39, 0.29) is 6.10 Å². The number of hydrogen-bond donors (Lipinski definition) is 2. The van der Waals surface area contributed by atoms with E-state index in [1.807, 2.05) is 0 Å². The summed E-state index contributed by atoms with van der Waals surface area (Å²) in [5.74, 6) is 0. The van der Waals surface area contributed by atoms with E-state index in [0.717, 1.165) is 19.6 Å². The Hall–Kier alpha value is -0.120. The second-order valence-electron chi connectivity index (χ2n) is 2.83. The van der Waals surface area contributed by atoms with Crippen molar-refractivity contribution in [3.8, 4) is 0 Å². The largest absolute Gasteiger partial charge is 0.392 e. The lowest BCUT2D eigenvalue weighted by Crippen LogP contribution is -2.57. The average Bonchev–Trinajstić information content (AvgIpc) is 1.60.